The first kappa shape index (κ1) is 18.9. The summed E-state index contributed by atoms with van der Waals surface area (Å²) in [6.45, 7) is 2.27. The van der Waals surface area contributed by atoms with Crippen LogP contribution in [0.5, 0.6) is 0 Å². The second kappa shape index (κ2) is 13.5. The van der Waals surface area contributed by atoms with Crippen LogP contribution < -0.4 is 0 Å². The monoisotopic (exact) mass is 307 g/mol. The van der Waals surface area contributed by atoms with Gasteiger partial charge in [0.2, 0.25) is 0 Å². The highest BCUT2D eigenvalue weighted by Gasteiger charge is 2.13. The fourth-order valence-corrected chi connectivity index (χ4v) is 2.97. The summed E-state index contributed by atoms with van der Waals surface area (Å²) in [5, 5.41) is 10.5. The molecule has 0 saturated heterocycles. The number of carbonyl (C=O) groups is 1. The van der Waals surface area contributed by atoms with Crippen LogP contribution in [0.3, 0.4) is 0 Å². The third-order valence-electron chi connectivity index (χ3n) is 4.39. The number of H-pyrrole nitrogens is 1. The first-order valence-electron chi connectivity index (χ1n) is 9.18. The molecule has 1 aromatic rings. The molecule has 0 radical (unpaired) electrons. The summed E-state index contributed by atoms with van der Waals surface area (Å²) in [6, 6.07) is 0. The Morgan fingerprint density at radius 2 is 1.59 bits per heavy atom. The number of hydrogen-bond donors (Lipinski definition) is 1. The zero-order valence-corrected chi connectivity index (χ0v) is 14.2. The van der Waals surface area contributed by atoms with Gasteiger partial charge in [0.1, 0.15) is 6.29 Å². The molecule has 0 amide bonds. The summed E-state index contributed by atoms with van der Waals surface area (Å²) in [7, 11) is 0. The molecule has 1 unspecified atom stereocenters. The number of nitrogens with zero attached hydrogens (tertiary/aromatic N) is 2. The molecular formula is C18H33N3O. The molecule has 1 atom stereocenters. The summed E-state index contributed by atoms with van der Waals surface area (Å²) in [5.74, 6) is 0.245. The highest BCUT2D eigenvalue weighted by Crippen LogP contribution is 2.23. The van der Waals surface area contributed by atoms with Gasteiger partial charge in [-0.1, -0.05) is 82.8 Å². The minimum atomic E-state index is 0.245. The summed E-state index contributed by atoms with van der Waals surface area (Å²) in [5.41, 5.74) is 0.930. The van der Waals surface area contributed by atoms with E-state index in [4.69, 9.17) is 0 Å². The van der Waals surface area contributed by atoms with E-state index in [1.807, 2.05) is 6.20 Å². The molecule has 1 heterocycles. The van der Waals surface area contributed by atoms with Crippen LogP contribution in [0.25, 0.3) is 0 Å². The van der Waals surface area contributed by atoms with Crippen molar-refractivity contribution in [2.45, 2.75) is 96.3 Å². The molecule has 1 aromatic heterocycles. The number of unbranched alkanes of at least 4 members (excludes halogenated alkanes) is 10. The molecule has 0 saturated carbocycles. The van der Waals surface area contributed by atoms with Gasteiger partial charge >= 0.3 is 0 Å². The molecule has 1 N–H and O–H groups in total. The molecule has 0 aliphatic carbocycles. The van der Waals surface area contributed by atoms with Gasteiger partial charge in [-0.25, -0.2) is 0 Å². The van der Waals surface area contributed by atoms with E-state index in [0.29, 0.717) is 6.42 Å². The van der Waals surface area contributed by atoms with Crippen LogP contribution in [0.4, 0.5) is 0 Å². The Kier molecular flexibility index (Phi) is 11.5. The molecule has 0 bridgehead atoms. The van der Waals surface area contributed by atoms with Gasteiger partial charge in [0, 0.05) is 18.5 Å². The molecule has 1 rings (SSSR count). The zero-order valence-electron chi connectivity index (χ0n) is 14.2. The quantitative estimate of drug-likeness (QED) is 0.359. The van der Waals surface area contributed by atoms with Crippen molar-refractivity contribution in [3.63, 3.8) is 0 Å². The molecular weight excluding hydrogens is 274 g/mol. The number of aromatic amines is 1. The second-order valence-corrected chi connectivity index (χ2v) is 6.32. The first-order chi connectivity index (χ1) is 10.9. The maximum absolute atomic E-state index is 10.8. The lowest BCUT2D eigenvalue weighted by molar-refractivity contribution is -0.108. The van der Waals surface area contributed by atoms with Gasteiger partial charge in [0.15, 0.2) is 0 Å². The molecule has 0 aromatic carbocycles. The van der Waals surface area contributed by atoms with E-state index in [1.54, 1.807) is 0 Å². The normalized spacial score (nSPS) is 12.4. The van der Waals surface area contributed by atoms with Gasteiger partial charge in [0.25, 0.3) is 0 Å². The maximum atomic E-state index is 10.8. The maximum Gasteiger partial charge on any atom is 0.120 e. The van der Waals surface area contributed by atoms with Gasteiger partial charge in [-0.3, -0.25) is 5.10 Å². The van der Waals surface area contributed by atoms with Crippen molar-refractivity contribution in [1.29, 1.82) is 0 Å². The highest BCUT2D eigenvalue weighted by atomic mass is 16.1. The smallest absolute Gasteiger partial charge is 0.120 e. The van der Waals surface area contributed by atoms with E-state index in [-0.39, 0.29) is 5.92 Å². The van der Waals surface area contributed by atoms with Crippen LogP contribution in [-0.4, -0.2) is 21.7 Å². The van der Waals surface area contributed by atoms with Crippen molar-refractivity contribution in [3.8, 4) is 0 Å². The predicted octanol–water partition coefficient (Wildman–Crippen LogP) is 5.18. The average Bonchev–Trinajstić information content (AvgIpc) is 3.06. The van der Waals surface area contributed by atoms with Crippen LogP contribution >= 0.6 is 0 Å². The van der Waals surface area contributed by atoms with E-state index in [2.05, 4.69) is 22.3 Å². The van der Waals surface area contributed by atoms with E-state index < -0.39 is 0 Å². The van der Waals surface area contributed by atoms with Crippen molar-refractivity contribution in [2.75, 3.05) is 0 Å². The molecule has 0 aliphatic rings. The summed E-state index contributed by atoms with van der Waals surface area (Å²) in [4.78, 5) is 10.8. The molecule has 0 fully saturated rings. The Hall–Kier alpha value is -1.19. The van der Waals surface area contributed by atoms with Crippen LogP contribution in [0.2, 0.25) is 0 Å². The van der Waals surface area contributed by atoms with Crippen molar-refractivity contribution >= 4 is 6.29 Å². The lowest BCUT2D eigenvalue weighted by atomic mass is 9.95. The average molecular weight is 307 g/mol. The van der Waals surface area contributed by atoms with Crippen molar-refractivity contribution in [3.05, 3.63) is 11.9 Å². The van der Waals surface area contributed by atoms with Gasteiger partial charge in [0.05, 0.1) is 5.69 Å². The van der Waals surface area contributed by atoms with Crippen LogP contribution in [0.15, 0.2) is 6.20 Å². The Bertz CT molecular complexity index is 351. The number of hydrogen-bond acceptors (Lipinski definition) is 3. The van der Waals surface area contributed by atoms with E-state index in [1.165, 1.54) is 70.6 Å². The minimum absolute atomic E-state index is 0.245. The number of rotatable bonds is 15. The van der Waals surface area contributed by atoms with Gasteiger partial charge in [-0.15, -0.1) is 5.10 Å². The van der Waals surface area contributed by atoms with Crippen molar-refractivity contribution in [2.24, 2.45) is 0 Å². The Labute approximate surface area is 135 Å². The standard InChI is InChI=1S/C18H33N3O/c1-2-3-4-5-6-7-8-9-10-11-12-13-17(14-15-22)18-16-19-21-20-18/h15-17H,2-14H2,1H3,(H,19,20,21). The van der Waals surface area contributed by atoms with Gasteiger partial charge in [-0.2, -0.15) is 0 Å². The summed E-state index contributed by atoms with van der Waals surface area (Å²) < 4.78 is 0. The third kappa shape index (κ3) is 8.96. The molecule has 0 aliphatic heterocycles. The van der Waals surface area contributed by atoms with Crippen LogP contribution in [0.1, 0.15) is 102 Å². The fourth-order valence-electron chi connectivity index (χ4n) is 2.97. The van der Waals surface area contributed by atoms with Crippen molar-refractivity contribution < 1.29 is 4.79 Å². The third-order valence-corrected chi connectivity index (χ3v) is 4.39. The fraction of sp³-hybridized carbons (Fsp3) is 0.833. The Morgan fingerprint density at radius 1 is 1.00 bits per heavy atom. The van der Waals surface area contributed by atoms with E-state index in [0.717, 1.165) is 18.4 Å². The number of carbonyl (C=O) groups excluding carboxylic acids is 1. The zero-order chi connectivity index (χ0) is 15.9. The van der Waals surface area contributed by atoms with Crippen LogP contribution in [-0.2, 0) is 4.79 Å². The van der Waals surface area contributed by atoms with Crippen molar-refractivity contribution in [1.82, 2.24) is 15.4 Å². The van der Waals surface area contributed by atoms with Gasteiger partial charge in [-0.05, 0) is 6.42 Å². The van der Waals surface area contributed by atoms with E-state index in [9.17, 15) is 4.79 Å². The molecule has 0 spiro atoms. The van der Waals surface area contributed by atoms with Gasteiger partial charge < -0.3 is 4.79 Å². The number of aromatic nitrogens is 3. The largest absolute Gasteiger partial charge is 0.303 e. The molecule has 4 heteroatoms. The topological polar surface area (TPSA) is 58.6 Å². The predicted molar refractivity (Wildman–Crippen MR) is 90.9 cm³/mol. The molecule has 126 valence electrons. The Morgan fingerprint density at radius 3 is 2.09 bits per heavy atom. The first-order valence-corrected chi connectivity index (χ1v) is 9.18. The SMILES string of the molecule is CCCCCCCCCCCCCC(CC=O)c1c[nH]nn1. The Balaban J connectivity index is 1.94. The second-order valence-electron chi connectivity index (χ2n) is 6.32. The summed E-state index contributed by atoms with van der Waals surface area (Å²) in [6.07, 6.45) is 19.3. The molecule has 4 nitrogen and oxygen atoms in total. The molecule has 22 heavy (non-hydrogen) atoms. The van der Waals surface area contributed by atoms with Crippen LogP contribution in [0, 0.1) is 0 Å². The lowest BCUT2D eigenvalue weighted by Crippen LogP contribution is -2.00. The number of aldehydes is 1. The van der Waals surface area contributed by atoms with E-state index >= 15 is 0 Å². The highest BCUT2D eigenvalue weighted by molar-refractivity contribution is 5.51. The summed E-state index contributed by atoms with van der Waals surface area (Å²) >= 11 is 0. The lowest BCUT2D eigenvalue weighted by Gasteiger charge is -2.10. The minimum Gasteiger partial charge on any atom is -0.303 e. The number of nitrogens with one attached hydrogen (secondary N) is 1.